The van der Waals surface area contributed by atoms with Crippen molar-refractivity contribution in [2.24, 2.45) is 5.73 Å². The quantitative estimate of drug-likeness (QED) is 0.391. The highest BCUT2D eigenvalue weighted by atomic mass is 16.6. The minimum absolute atomic E-state index is 0.363. The van der Waals surface area contributed by atoms with Crippen LogP contribution >= 0.6 is 0 Å². The van der Waals surface area contributed by atoms with Crippen molar-refractivity contribution in [2.45, 2.75) is 24.0 Å². The van der Waals surface area contributed by atoms with Crippen LogP contribution in [0.5, 0.6) is 0 Å². The average molecular weight is 337 g/mol. The van der Waals surface area contributed by atoms with Gasteiger partial charge in [-0.3, -0.25) is 4.57 Å². The van der Waals surface area contributed by atoms with Crippen LogP contribution in [0.4, 0.5) is 5.82 Å². The van der Waals surface area contributed by atoms with Crippen LogP contribution in [0.1, 0.15) is 7.60 Å². The molecular formula is C14H20N6O4. The summed E-state index contributed by atoms with van der Waals surface area (Å²) in [5, 5.41) is 33.5. The van der Waals surface area contributed by atoms with E-state index in [9.17, 15) is 15.3 Å². The molecule has 2 aromatic rings. The number of nitrogens with zero attached hydrogens (tertiary/aromatic N) is 4. The summed E-state index contributed by atoms with van der Waals surface area (Å²) in [5.41, 5.74) is 4.37. The van der Waals surface area contributed by atoms with Crippen LogP contribution in [0.25, 0.3) is 11.2 Å². The van der Waals surface area contributed by atoms with E-state index in [1.54, 1.807) is 0 Å². The summed E-state index contributed by atoms with van der Waals surface area (Å²) in [7, 11) is 0. The van der Waals surface area contributed by atoms with E-state index in [0.717, 1.165) is 12.6 Å². The minimum Gasteiger partial charge on any atom is -0.394 e. The van der Waals surface area contributed by atoms with Gasteiger partial charge < -0.3 is 31.1 Å². The number of aliphatic hydroxyl groups excluding tert-OH is 2. The molecule has 0 radical (unpaired) electrons. The molecule has 1 unspecified atom stereocenters. The summed E-state index contributed by atoms with van der Waals surface area (Å²) < 4.78 is 14.3. The van der Waals surface area contributed by atoms with Crippen LogP contribution in [0, 0.1) is 0 Å². The van der Waals surface area contributed by atoms with Crippen LogP contribution in [0.2, 0.25) is 0 Å². The lowest BCUT2D eigenvalue weighted by Gasteiger charge is -2.28. The fraction of sp³-hybridized carbons (Fsp3) is 0.500. The molecule has 24 heavy (non-hydrogen) atoms. The topological polar surface area (TPSA) is 152 Å². The highest BCUT2D eigenvalue weighted by Crippen LogP contribution is 2.40. The Kier molecular flexibility index (Phi) is 4.12. The molecule has 1 saturated heterocycles. The summed E-state index contributed by atoms with van der Waals surface area (Å²) in [5.74, 6) is 0.478. The van der Waals surface area contributed by atoms with Gasteiger partial charge >= 0.3 is 0 Å². The van der Waals surface area contributed by atoms with Gasteiger partial charge in [0.15, 0.2) is 28.8 Å². The maximum absolute atomic E-state index is 10.8. The van der Waals surface area contributed by atoms with E-state index in [1.807, 2.05) is 0 Å². The molecule has 1 fully saturated rings. The van der Waals surface area contributed by atoms with E-state index >= 15 is 0 Å². The number of anilines is 1. The van der Waals surface area contributed by atoms with Gasteiger partial charge in [-0.15, -0.1) is 0 Å². The van der Waals surface area contributed by atoms with E-state index in [2.05, 4.69) is 20.3 Å². The summed E-state index contributed by atoms with van der Waals surface area (Å²) in [4.78, 5) is 12.5. The Morgan fingerprint density at radius 2 is 2.38 bits per heavy atom. The Balaban J connectivity index is 2.06. The van der Waals surface area contributed by atoms with E-state index in [1.165, 1.54) is 17.2 Å². The van der Waals surface area contributed by atoms with Crippen LogP contribution in [-0.2, 0) is 4.74 Å². The molecule has 0 spiro atoms. The number of nitrogens with one attached hydrogen (secondary N) is 1. The molecular weight excluding hydrogens is 316 g/mol. The van der Waals surface area contributed by atoms with E-state index in [-0.39, 0.29) is 0 Å². The molecule has 3 heterocycles. The number of nitrogens with two attached hydrogens (primary N) is 1. The molecule has 1 aliphatic heterocycles. The first-order valence-corrected chi connectivity index (χ1v) is 7.41. The second kappa shape index (κ2) is 6.42. The third-order valence-corrected chi connectivity index (χ3v) is 4.02. The monoisotopic (exact) mass is 337 g/mol. The second-order valence-electron chi connectivity index (χ2n) is 5.47. The zero-order valence-corrected chi connectivity index (χ0v) is 12.8. The predicted molar refractivity (Wildman–Crippen MR) is 85.0 cm³/mol. The number of fused-ring (bicyclic) bond motifs is 1. The van der Waals surface area contributed by atoms with Gasteiger partial charge in [-0.2, -0.15) is 0 Å². The smallest absolute Gasteiger partial charge is 0.172 e. The first-order chi connectivity index (χ1) is 12.1. The summed E-state index contributed by atoms with van der Waals surface area (Å²) in [6.07, 6.45) is 0.279. The number of aliphatic hydroxyl groups is 3. The minimum atomic E-state index is -1.92. The summed E-state index contributed by atoms with van der Waals surface area (Å²) >= 11 is 0. The van der Waals surface area contributed by atoms with Crippen molar-refractivity contribution in [1.29, 1.82) is 0 Å². The molecule has 0 aromatic carbocycles. The third kappa shape index (κ3) is 2.44. The Morgan fingerprint density at radius 1 is 1.54 bits per heavy atom. The highest BCUT2D eigenvalue weighted by molar-refractivity contribution is 5.82. The molecule has 4 atom stereocenters. The average Bonchev–Trinajstić information content (AvgIpc) is 3.14. The molecule has 1 aliphatic rings. The molecule has 6 N–H and O–H groups in total. The number of hydrogen-bond acceptors (Lipinski definition) is 9. The van der Waals surface area contributed by atoms with Gasteiger partial charge in [0.1, 0.15) is 18.5 Å². The second-order valence-corrected chi connectivity index (χ2v) is 5.47. The maximum atomic E-state index is 10.8. The molecule has 0 amide bonds. The van der Waals surface area contributed by atoms with E-state index in [4.69, 9.17) is 11.8 Å². The molecule has 0 bridgehead atoms. The van der Waals surface area contributed by atoms with Gasteiger partial charge in [0.25, 0.3) is 0 Å². The van der Waals surface area contributed by atoms with Gasteiger partial charge in [0.05, 0.1) is 14.3 Å². The third-order valence-electron chi connectivity index (χ3n) is 4.02. The van der Waals surface area contributed by atoms with Gasteiger partial charge in [-0.1, -0.05) is 12.6 Å². The van der Waals surface area contributed by atoms with Gasteiger partial charge in [-0.25, -0.2) is 15.0 Å². The van der Waals surface area contributed by atoms with Crippen molar-refractivity contribution in [3.63, 3.8) is 0 Å². The Morgan fingerprint density at radius 3 is 3.08 bits per heavy atom. The fourth-order valence-corrected chi connectivity index (χ4v) is 2.75. The van der Waals surface area contributed by atoms with E-state index in [0.29, 0.717) is 30.1 Å². The lowest BCUT2D eigenvalue weighted by Crippen LogP contribution is -2.45. The van der Waals surface area contributed by atoms with Crippen LogP contribution in [0.3, 0.4) is 0 Å². The standard InChI is InChI=1S/C14H20N6O4/c1-2-14(23)10(22)8(5-21)24-13(14)20-7-19-9-11(16-4-3-15)17-6-18-12(9)20/h2,6-8,10,13,21-23H,1,3-5,15H2,(H,16,17,18)/t8-,10-,13?,14-/m1/s1/i1D. The number of aromatic nitrogens is 4. The van der Waals surface area contributed by atoms with Crippen molar-refractivity contribution >= 4 is 17.0 Å². The van der Waals surface area contributed by atoms with Crippen LogP contribution in [0.15, 0.2) is 25.3 Å². The zero-order valence-electron chi connectivity index (χ0n) is 13.8. The van der Waals surface area contributed by atoms with Crippen molar-refractivity contribution < 1.29 is 21.4 Å². The zero-order chi connectivity index (χ0) is 18.0. The molecule has 130 valence electrons. The Bertz CT molecular complexity index is 771. The summed E-state index contributed by atoms with van der Waals surface area (Å²) in [6, 6.07) is 0. The molecule has 2 aromatic heterocycles. The number of imidazole rings is 1. The number of ether oxygens (including phenoxy) is 1. The highest BCUT2D eigenvalue weighted by Gasteiger charge is 2.54. The van der Waals surface area contributed by atoms with Gasteiger partial charge in [0.2, 0.25) is 0 Å². The van der Waals surface area contributed by atoms with Crippen LogP contribution < -0.4 is 11.1 Å². The first-order valence-electron chi connectivity index (χ1n) is 7.98. The normalized spacial score (nSPS) is 31.0. The SMILES string of the molecule is [2H]C=C[C@]1(O)C(n2cnc3c(NCCN)ncnc32)O[C@H](CO)[C@H]1O. The number of hydrogen-bond donors (Lipinski definition) is 5. The van der Waals surface area contributed by atoms with E-state index < -0.39 is 30.6 Å². The lowest BCUT2D eigenvalue weighted by molar-refractivity contribution is -0.0771. The first kappa shape index (κ1) is 15.4. The molecule has 10 heteroatoms. The molecule has 3 rings (SSSR count). The fourth-order valence-electron chi connectivity index (χ4n) is 2.75. The van der Waals surface area contributed by atoms with Gasteiger partial charge in [-0.05, 0) is 0 Å². The predicted octanol–water partition coefficient (Wildman–Crippen LogP) is -1.64. The number of rotatable bonds is 6. The Hall–Kier alpha value is -2.11. The maximum Gasteiger partial charge on any atom is 0.172 e. The van der Waals surface area contributed by atoms with Crippen molar-refractivity contribution in [2.75, 3.05) is 25.0 Å². The molecule has 10 nitrogen and oxygen atoms in total. The van der Waals surface area contributed by atoms with Crippen molar-refractivity contribution in [3.8, 4) is 0 Å². The lowest BCUT2D eigenvalue weighted by atomic mass is 9.94. The largest absolute Gasteiger partial charge is 0.394 e. The van der Waals surface area contributed by atoms with Crippen LogP contribution in [-0.4, -0.2) is 72.3 Å². The Labute approximate surface area is 139 Å². The molecule has 0 saturated carbocycles. The summed E-state index contributed by atoms with van der Waals surface area (Å²) in [6.45, 7) is 1.28. The molecule has 0 aliphatic carbocycles. The van der Waals surface area contributed by atoms with Gasteiger partial charge in [0, 0.05) is 13.1 Å². The van der Waals surface area contributed by atoms with Crippen molar-refractivity contribution in [3.05, 3.63) is 25.3 Å². The van der Waals surface area contributed by atoms with Crippen molar-refractivity contribution in [1.82, 2.24) is 19.5 Å².